The standard InChI is InChI=1S/C22H26N2O3/c1-22(2,27)12-15-6-5-7-16(10-15)21(26)24-18(14-25)11-17-13-23-20-9-4-3-8-19(17)20/h3-10,13,18,23,25,27H,11-12,14H2,1-2H3,(H,24,26)/t18-/m1/s1. The molecule has 0 aliphatic carbocycles. The number of aliphatic hydroxyl groups excluding tert-OH is 1. The Bertz CT molecular complexity index is 924. The molecular weight excluding hydrogens is 340 g/mol. The zero-order chi connectivity index (χ0) is 19.4. The molecule has 27 heavy (non-hydrogen) atoms. The second-order valence-corrected chi connectivity index (χ2v) is 7.61. The van der Waals surface area contributed by atoms with Crippen molar-refractivity contribution < 1.29 is 15.0 Å². The largest absolute Gasteiger partial charge is 0.394 e. The van der Waals surface area contributed by atoms with Crippen LogP contribution in [0.15, 0.2) is 54.7 Å². The van der Waals surface area contributed by atoms with Crippen LogP contribution in [0.4, 0.5) is 0 Å². The Morgan fingerprint density at radius 3 is 2.70 bits per heavy atom. The first-order valence-electron chi connectivity index (χ1n) is 9.14. The molecule has 0 aliphatic rings. The number of amides is 1. The van der Waals surface area contributed by atoms with Gasteiger partial charge in [0.25, 0.3) is 5.91 Å². The maximum Gasteiger partial charge on any atom is 0.251 e. The van der Waals surface area contributed by atoms with E-state index in [0.29, 0.717) is 18.4 Å². The van der Waals surface area contributed by atoms with Crippen molar-refractivity contribution in [2.45, 2.75) is 38.3 Å². The van der Waals surface area contributed by atoms with E-state index in [4.69, 9.17) is 0 Å². The zero-order valence-electron chi connectivity index (χ0n) is 15.7. The highest BCUT2D eigenvalue weighted by atomic mass is 16.3. The molecule has 0 saturated carbocycles. The number of carbonyl (C=O) groups excluding carboxylic acids is 1. The molecule has 2 aromatic carbocycles. The van der Waals surface area contributed by atoms with Crippen LogP contribution in [0.3, 0.4) is 0 Å². The van der Waals surface area contributed by atoms with Gasteiger partial charge in [-0.1, -0.05) is 30.3 Å². The van der Waals surface area contributed by atoms with E-state index < -0.39 is 5.60 Å². The van der Waals surface area contributed by atoms with Crippen molar-refractivity contribution in [2.75, 3.05) is 6.61 Å². The molecule has 4 N–H and O–H groups in total. The second kappa shape index (κ2) is 7.94. The Morgan fingerprint density at radius 2 is 1.96 bits per heavy atom. The van der Waals surface area contributed by atoms with Crippen LogP contribution in [0.2, 0.25) is 0 Å². The first kappa shape index (κ1) is 19.1. The number of aromatic nitrogens is 1. The molecule has 0 fully saturated rings. The molecule has 0 radical (unpaired) electrons. The predicted octanol–water partition coefficient (Wildman–Crippen LogP) is 2.81. The van der Waals surface area contributed by atoms with Crippen LogP contribution in [-0.4, -0.2) is 39.4 Å². The summed E-state index contributed by atoms with van der Waals surface area (Å²) in [5.74, 6) is -0.230. The summed E-state index contributed by atoms with van der Waals surface area (Å²) in [6.45, 7) is 3.33. The maximum absolute atomic E-state index is 12.6. The number of aromatic amines is 1. The zero-order valence-corrected chi connectivity index (χ0v) is 15.7. The van der Waals surface area contributed by atoms with Crippen LogP contribution in [0.25, 0.3) is 10.9 Å². The van der Waals surface area contributed by atoms with Gasteiger partial charge in [0.1, 0.15) is 0 Å². The van der Waals surface area contributed by atoms with Gasteiger partial charge in [-0.05, 0) is 49.6 Å². The quantitative estimate of drug-likeness (QED) is 0.519. The van der Waals surface area contributed by atoms with E-state index in [1.165, 1.54) is 0 Å². The van der Waals surface area contributed by atoms with Gasteiger partial charge in [0, 0.05) is 29.1 Å². The Balaban J connectivity index is 1.71. The summed E-state index contributed by atoms with van der Waals surface area (Å²) >= 11 is 0. The summed E-state index contributed by atoms with van der Waals surface area (Å²) < 4.78 is 0. The number of aliphatic hydroxyl groups is 2. The summed E-state index contributed by atoms with van der Waals surface area (Å²) in [5.41, 5.74) is 2.68. The van der Waals surface area contributed by atoms with Gasteiger partial charge < -0.3 is 20.5 Å². The van der Waals surface area contributed by atoms with Gasteiger partial charge >= 0.3 is 0 Å². The lowest BCUT2D eigenvalue weighted by molar-refractivity contribution is 0.0807. The minimum absolute atomic E-state index is 0.144. The molecule has 0 aliphatic heterocycles. The second-order valence-electron chi connectivity index (χ2n) is 7.61. The number of carbonyl (C=O) groups is 1. The minimum Gasteiger partial charge on any atom is -0.394 e. The van der Waals surface area contributed by atoms with Gasteiger partial charge in [0.15, 0.2) is 0 Å². The predicted molar refractivity (Wildman–Crippen MR) is 107 cm³/mol. The Hall–Kier alpha value is -2.63. The summed E-state index contributed by atoms with van der Waals surface area (Å²) in [6.07, 6.45) is 2.92. The van der Waals surface area contributed by atoms with Crippen molar-refractivity contribution in [3.63, 3.8) is 0 Å². The molecular formula is C22H26N2O3. The average molecular weight is 366 g/mol. The summed E-state index contributed by atoms with van der Waals surface area (Å²) in [5, 5.41) is 23.7. The lowest BCUT2D eigenvalue weighted by atomic mass is 9.97. The number of para-hydroxylation sites is 1. The van der Waals surface area contributed by atoms with E-state index in [1.54, 1.807) is 26.0 Å². The molecule has 3 rings (SSSR count). The summed E-state index contributed by atoms with van der Waals surface area (Å²) in [6, 6.07) is 14.8. The van der Waals surface area contributed by atoms with E-state index in [-0.39, 0.29) is 18.6 Å². The van der Waals surface area contributed by atoms with Crippen LogP contribution in [0.1, 0.15) is 35.3 Å². The highest BCUT2D eigenvalue weighted by Gasteiger charge is 2.18. The number of fused-ring (bicyclic) bond motifs is 1. The van der Waals surface area contributed by atoms with Crippen molar-refractivity contribution in [3.8, 4) is 0 Å². The molecule has 5 nitrogen and oxygen atoms in total. The van der Waals surface area contributed by atoms with E-state index in [2.05, 4.69) is 10.3 Å². The Labute approximate surface area is 159 Å². The number of nitrogens with one attached hydrogen (secondary N) is 2. The fraction of sp³-hybridized carbons (Fsp3) is 0.318. The number of hydrogen-bond acceptors (Lipinski definition) is 3. The third-order valence-corrected chi connectivity index (χ3v) is 4.52. The van der Waals surface area contributed by atoms with Crippen LogP contribution >= 0.6 is 0 Å². The van der Waals surface area contributed by atoms with Crippen molar-refractivity contribution >= 4 is 16.8 Å². The van der Waals surface area contributed by atoms with Crippen molar-refractivity contribution in [1.29, 1.82) is 0 Å². The van der Waals surface area contributed by atoms with Crippen LogP contribution in [0.5, 0.6) is 0 Å². The average Bonchev–Trinajstić information content (AvgIpc) is 3.03. The maximum atomic E-state index is 12.6. The molecule has 0 spiro atoms. The first-order chi connectivity index (χ1) is 12.9. The molecule has 3 aromatic rings. The van der Waals surface area contributed by atoms with Gasteiger partial charge in [-0.2, -0.15) is 0 Å². The Kier molecular flexibility index (Phi) is 5.63. The van der Waals surface area contributed by atoms with Gasteiger partial charge in [-0.25, -0.2) is 0 Å². The first-order valence-corrected chi connectivity index (χ1v) is 9.14. The summed E-state index contributed by atoms with van der Waals surface area (Å²) in [4.78, 5) is 15.8. The van der Waals surface area contributed by atoms with Gasteiger partial charge in [-0.15, -0.1) is 0 Å². The molecule has 0 bridgehead atoms. The molecule has 1 aromatic heterocycles. The summed E-state index contributed by atoms with van der Waals surface area (Å²) in [7, 11) is 0. The monoisotopic (exact) mass is 366 g/mol. The molecule has 5 heteroatoms. The molecule has 1 heterocycles. The number of hydrogen-bond donors (Lipinski definition) is 4. The molecule has 142 valence electrons. The Morgan fingerprint density at radius 1 is 1.19 bits per heavy atom. The highest BCUT2D eigenvalue weighted by Crippen LogP contribution is 2.19. The van der Waals surface area contributed by atoms with Crippen LogP contribution in [-0.2, 0) is 12.8 Å². The van der Waals surface area contributed by atoms with Crippen LogP contribution < -0.4 is 5.32 Å². The lowest BCUT2D eigenvalue weighted by Crippen LogP contribution is -2.39. The van der Waals surface area contributed by atoms with Crippen molar-refractivity contribution in [3.05, 3.63) is 71.4 Å². The molecule has 0 unspecified atom stereocenters. The van der Waals surface area contributed by atoms with Crippen molar-refractivity contribution in [1.82, 2.24) is 10.3 Å². The number of H-pyrrole nitrogens is 1. The fourth-order valence-corrected chi connectivity index (χ4v) is 3.32. The number of benzene rings is 2. The SMILES string of the molecule is CC(C)(O)Cc1cccc(C(=O)N[C@@H](CO)Cc2c[nH]c3ccccc23)c1. The van der Waals surface area contributed by atoms with Crippen molar-refractivity contribution in [2.24, 2.45) is 0 Å². The van der Waals surface area contributed by atoms with Crippen LogP contribution in [0, 0.1) is 0 Å². The van der Waals surface area contributed by atoms with E-state index in [9.17, 15) is 15.0 Å². The molecule has 1 atom stereocenters. The molecule has 0 saturated heterocycles. The van der Waals surface area contributed by atoms with E-state index in [1.807, 2.05) is 42.6 Å². The topological polar surface area (TPSA) is 85.3 Å². The van der Waals surface area contributed by atoms with Gasteiger partial charge in [0.05, 0.1) is 18.2 Å². The van der Waals surface area contributed by atoms with E-state index in [0.717, 1.165) is 22.0 Å². The normalized spacial score (nSPS) is 12.9. The third-order valence-electron chi connectivity index (χ3n) is 4.52. The molecule has 1 amide bonds. The van der Waals surface area contributed by atoms with Gasteiger partial charge in [-0.3, -0.25) is 4.79 Å². The minimum atomic E-state index is -0.835. The fourth-order valence-electron chi connectivity index (χ4n) is 3.32. The number of rotatable bonds is 7. The lowest BCUT2D eigenvalue weighted by Gasteiger charge is -2.18. The third kappa shape index (κ3) is 4.96. The van der Waals surface area contributed by atoms with E-state index >= 15 is 0 Å². The highest BCUT2D eigenvalue weighted by molar-refractivity contribution is 5.94. The van der Waals surface area contributed by atoms with Gasteiger partial charge in [0.2, 0.25) is 0 Å². The smallest absolute Gasteiger partial charge is 0.251 e.